The van der Waals surface area contributed by atoms with E-state index in [1.807, 2.05) is 0 Å². The molecule has 0 aliphatic heterocycles. The maximum absolute atomic E-state index is 11.0. The van der Waals surface area contributed by atoms with Crippen LogP contribution >= 0.6 is 0 Å². The van der Waals surface area contributed by atoms with E-state index in [1.165, 1.54) is 19.1 Å². The Morgan fingerprint density at radius 2 is 2.00 bits per heavy atom. The molecule has 0 spiro atoms. The Hall–Kier alpha value is -0.0900. The summed E-state index contributed by atoms with van der Waals surface area (Å²) in [7, 11) is -2.80. The summed E-state index contributed by atoms with van der Waals surface area (Å²) >= 11 is 0. The monoisotopic (exact) mass is 219 g/mol. The van der Waals surface area contributed by atoms with E-state index in [4.69, 9.17) is 5.73 Å². The number of hydrogen-bond donors (Lipinski definition) is 1. The Morgan fingerprint density at radius 1 is 1.43 bits per heavy atom. The van der Waals surface area contributed by atoms with Crippen molar-refractivity contribution in [3.05, 3.63) is 0 Å². The van der Waals surface area contributed by atoms with Crippen LogP contribution in [0, 0.1) is 11.3 Å². The van der Waals surface area contributed by atoms with E-state index in [1.54, 1.807) is 0 Å². The summed E-state index contributed by atoms with van der Waals surface area (Å²) in [6, 6.07) is 0. The number of sulfone groups is 1. The van der Waals surface area contributed by atoms with E-state index in [0.29, 0.717) is 12.3 Å². The fourth-order valence-electron chi connectivity index (χ4n) is 1.99. The van der Waals surface area contributed by atoms with Crippen molar-refractivity contribution >= 4 is 9.84 Å². The molecule has 84 valence electrons. The van der Waals surface area contributed by atoms with Crippen LogP contribution < -0.4 is 5.73 Å². The van der Waals surface area contributed by atoms with Crippen LogP contribution in [0.4, 0.5) is 0 Å². The Morgan fingerprint density at radius 3 is 2.36 bits per heavy atom. The first-order valence-corrected chi connectivity index (χ1v) is 7.31. The topological polar surface area (TPSA) is 60.2 Å². The molecule has 0 amide bonds. The molecule has 0 aromatic carbocycles. The molecule has 0 bridgehead atoms. The van der Waals surface area contributed by atoms with Crippen molar-refractivity contribution in [3.63, 3.8) is 0 Å². The van der Waals surface area contributed by atoms with Gasteiger partial charge in [0.15, 0.2) is 0 Å². The van der Waals surface area contributed by atoms with E-state index < -0.39 is 9.84 Å². The molecule has 0 saturated heterocycles. The molecule has 1 aliphatic carbocycles. The van der Waals surface area contributed by atoms with E-state index in [9.17, 15) is 8.42 Å². The molecule has 1 unspecified atom stereocenters. The third kappa shape index (κ3) is 3.58. The minimum Gasteiger partial charge on any atom is -0.330 e. The van der Waals surface area contributed by atoms with Gasteiger partial charge in [-0.05, 0) is 43.6 Å². The van der Waals surface area contributed by atoms with E-state index >= 15 is 0 Å². The molecule has 4 heteroatoms. The summed E-state index contributed by atoms with van der Waals surface area (Å²) in [4.78, 5) is 0. The van der Waals surface area contributed by atoms with Crippen molar-refractivity contribution in [1.29, 1.82) is 0 Å². The quantitative estimate of drug-likeness (QED) is 0.730. The molecule has 1 saturated carbocycles. The normalized spacial score (nSPS) is 21.9. The summed E-state index contributed by atoms with van der Waals surface area (Å²) in [6.45, 7) is 2.87. The molecule has 0 heterocycles. The lowest BCUT2D eigenvalue weighted by Crippen LogP contribution is -2.30. The van der Waals surface area contributed by atoms with Crippen molar-refractivity contribution < 1.29 is 8.42 Å². The molecule has 14 heavy (non-hydrogen) atoms. The highest BCUT2D eigenvalue weighted by molar-refractivity contribution is 7.90. The summed E-state index contributed by atoms with van der Waals surface area (Å²) in [5.74, 6) is 1.04. The van der Waals surface area contributed by atoms with Crippen molar-refractivity contribution in [1.82, 2.24) is 0 Å². The first-order valence-electron chi connectivity index (χ1n) is 5.25. The van der Waals surface area contributed by atoms with Gasteiger partial charge in [0.2, 0.25) is 0 Å². The fraction of sp³-hybridized carbons (Fsp3) is 1.00. The number of hydrogen-bond acceptors (Lipinski definition) is 3. The van der Waals surface area contributed by atoms with Gasteiger partial charge in [-0.15, -0.1) is 0 Å². The molecule has 0 radical (unpaired) electrons. The van der Waals surface area contributed by atoms with Gasteiger partial charge < -0.3 is 5.73 Å². The van der Waals surface area contributed by atoms with Crippen LogP contribution in [0.3, 0.4) is 0 Å². The van der Waals surface area contributed by atoms with Gasteiger partial charge >= 0.3 is 0 Å². The van der Waals surface area contributed by atoms with Crippen molar-refractivity contribution in [3.8, 4) is 0 Å². The van der Waals surface area contributed by atoms with Crippen LogP contribution in [-0.4, -0.2) is 27.0 Å². The van der Waals surface area contributed by atoms with Crippen molar-refractivity contribution in [2.75, 3.05) is 18.6 Å². The predicted octanol–water partition coefficient (Wildman–Crippen LogP) is 1.19. The SMILES string of the molecule is CC(CN)(CCCS(C)(=O)=O)C1CC1. The second-order valence-electron chi connectivity index (χ2n) is 4.87. The third-order valence-corrected chi connectivity index (χ3v) is 4.32. The lowest BCUT2D eigenvalue weighted by molar-refractivity contribution is 0.258. The molecule has 1 fully saturated rings. The fourth-order valence-corrected chi connectivity index (χ4v) is 2.66. The Balaban J connectivity index is 2.34. The molecular formula is C10H21NO2S. The molecule has 3 nitrogen and oxygen atoms in total. The predicted molar refractivity (Wildman–Crippen MR) is 58.8 cm³/mol. The summed E-state index contributed by atoms with van der Waals surface area (Å²) in [6.07, 6.45) is 5.54. The summed E-state index contributed by atoms with van der Waals surface area (Å²) < 4.78 is 21.9. The standard InChI is InChI=1S/C10H21NO2S/c1-10(8-11,9-4-5-9)6-3-7-14(2,12)13/h9H,3-8,11H2,1-2H3. The van der Waals surface area contributed by atoms with Crippen LogP contribution in [0.1, 0.15) is 32.6 Å². The minimum atomic E-state index is -2.80. The zero-order valence-corrected chi connectivity index (χ0v) is 9.94. The smallest absolute Gasteiger partial charge is 0.147 e. The first-order chi connectivity index (χ1) is 6.37. The van der Waals surface area contributed by atoms with Gasteiger partial charge in [0.25, 0.3) is 0 Å². The van der Waals surface area contributed by atoms with Crippen molar-refractivity contribution in [2.45, 2.75) is 32.6 Å². The van der Waals surface area contributed by atoms with Gasteiger partial charge in [0.05, 0.1) is 0 Å². The summed E-state index contributed by atoms with van der Waals surface area (Å²) in [5.41, 5.74) is 5.93. The number of nitrogens with two attached hydrogens (primary N) is 1. The van der Waals surface area contributed by atoms with Gasteiger partial charge in [0, 0.05) is 12.0 Å². The molecule has 0 aromatic rings. The largest absolute Gasteiger partial charge is 0.330 e. The Kier molecular flexibility index (Phi) is 3.58. The van der Waals surface area contributed by atoms with Gasteiger partial charge in [-0.2, -0.15) is 0 Å². The minimum absolute atomic E-state index is 0.185. The van der Waals surface area contributed by atoms with Crippen molar-refractivity contribution in [2.24, 2.45) is 17.1 Å². The highest BCUT2D eigenvalue weighted by atomic mass is 32.2. The first kappa shape index (κ1) is 12.0. The number of rotatable bonds is 6. The van der Waals surface area contributed by atoms with Crippen LogP contribution in [0.5, 0.6) is 0 Å². The maximum Gasteiger partial charge on any atom is 0.147 e. The maximum atomic E-state index is 11.0. The second-order valence-corrected chi connectivity index (χ2v) is 7.13. The Bertz CT molecular complexity index is 282. The molecule has 1 aliphatic rings. The summed E-state index contributed by atoms with van der Waals surface area (Å²) in [5, 5.41) is 0. The van der Waals surface area contributed by atoms with Crippen LogP contribution in [0.2, 0.25) is 0 Å². The highest BCUT2D eigenvalue weighted by Crippen LogP contribution is 2.47. The zero-order valence-electron chi connectivity index (χ0n) is 9.12. The molecule has 1 rings (SSSR count). The highest BCUT2D eigenvalue weighted by Gasteiger charge is 2.39. The second kappa shape index (κ2) is 4.19. The molecule has 0 aromatic heterocycles. The van der Waals surface area contributed by atoms with Crippen LogP contribution in [0.25, 0.3) is 0 Å². The average Bonchev–Trinajstić information content (AvgIpc) is 2.83. The van der Waals surface area contributed by atoms with Crippen LogP contribution in [-0.2, 0) is 9.84 Å². The molecular weight excluding hydrogens is 198 g/mol. The lowest BCUT2D eigenvalue weighted by Gasteiger charge is -2.27. The van der Waals surface area contributed by atoms with Crippen LogP contribution in [0.15, 0.2) is 0 Å². The van der Waals surface area contributed by atoms with E-state index in [0.717, 1.165) is 18.8 Å². The van der Waals surface area contributed by atoms with E-state index in [2.05, 4.69) is 6.92 Å². The van der Waals surface area contributed by atoms with E-state index in [-0.39, 0.29) is 5.41 Å². The average molecular weight is 219 g/mol. The van der Waals surface area contributed by atoms with Gasteiger partial charge in [-0.25, -0.2) is 8.42 Å². The zero-order chi connectivity index (χ0) is 10.8. The van der Waals surface area contributed by atoms with Gasteiger partial charge in [-0.1, -0.05) is 6.92 Å². The molecule has 1 atom stereocenters. The van der Waals surface area contributed by atoms with Gasteiger partial charge in [0.1, 0.15) is 9.84 Å². The molecule has 2 N–H and O–H groups in total. The third-order valence-electron chi connectivity index (χ3n) is 3.29. The lowest BCUT2D eigenvalue weighted by atomic mass is 9.81. The van der Waals surface area contributed by atoms with Gasteiger partial charge in [-0.3, -0.25) is 0 Å². The Labute approximate surface area is 87.0 Å².